The number of nitrogens with one attached hydrogen (secondary N) is 1. The lowest BCUT2D eigenvalue weighted by molar-refractivity contribution is -0.135. The Balaban J connectivity index is 1.49. The summed E-state index contributed by atoms with van der Waals surface area (Å²) in [4.78, 5) is 27.5. The molecule has 3 heterocycles. The van der Waals surface area contributed by atoms with E-state index in [9.17, 15) is 23.5 Å². The van der Waals surface area contributed by atoms with E-state index in [0.717, 1.165) is 37.5 Å². The number of anilines is 1. The van der Waals surface area contributed by atoms with E-state index in [1.54, 1.807) is 26.1 Å². The minimum atomic E-state index is -0.990. The van der Waals surface area contributed by atoms with Gasteiger partial charge in [-0.2, -0.15) is 5.10 Å². The lowest BCUT2D eigenvalue weighted by Crippen LogP contribution is -2.48. The van der Waals surface area contributed by atoms with Crippen molar-refractivity contribution < 1.29 is 33.0 Å². The number of halogens is 2. The monoisotopic (exact) mass is 504 g/mol. The number of hydrogen-bond donors (Lipinski definition) is 2. The summed E-state index contributed by atoms with van der Waals surface area (Å²) in [5.74, 6) is -3.08. The Morgan fingerprint density at radius 1 is 1.31 bits per heavy atom. The van der Waals surface area contributed by atoms with Crippen LogP contribution in [0.2, 0.25) is 0 Å². The van der Waals surface area contributed by atoms with Gasteiger partial charge in [0.1, 0.15) is 11.8 Å². The SMILES string of the molecule is CC(C)(O)Cn1ccc(NC(=O)C(C[C@@H]2CCCCO2)N2CC(Oc3c(F)cccc3F)=CC2=O)n1. The van der Waals surface area contributed by atoms with Crippen LogP contribution in [0.4, 0.5) is 14.6 Å². The Morgan fingerprint density at radius 3 is 2.72 bits per heavy atom. The van der Waals surface area contributed by atoms with E-state index >= 15 is 0 Å². The first-order valence-corrected chi connectivity index (χ1v) is 11.9. The maximum absolute atomic E-state index is 14.0. The van der Waals surface area contributed by atoms with Crippen LogP contribution in [0.3, 0.4) is 0 Å². The van der Waals surface area contributed by atoms with Gasteiger partial charge in [-0.25, -0.2) is 8.78 Å². The molecular weight excluding hydrogens is 474 g/mol. The van der Waals surface area contributed by atoms with Gasteiger partial charge in [0.25, 0.3) is 5.91 Å². The normalized spacial score (nSPS) is 19.2. The van der Waals surface area contributed by atoms with Gasteiger partial charge in [-0.05, 0) is 45.2 Å². The van der Waals surface area contributed by atoms with Gasteiger partial charge in [0, 0.05) is 31.4 Å². The fourth-order valence-electron chi connectivity index (χ4n) is 4.29. The number of aromatic nitrogens is 2. The van der Waals surface area contributed by atoms with E-state index in [0.29, 0.717) is 6.61 Å². The third-order valence-corrected chi connectivity index (χ3v) is 5.93. The minimum absolute atomic E-state index is 0.0285. The summed E-state index contributed by atoms with van der Waals surface area (Å²) in [5.41, 5.74) is -0.990. The fourth-order valence-corrected chi connectivity index (χ4v) is 4.29. The second-order valence-corrected chi connectivity index (χ2v) is 9.67. The molecule has 9 nitrogen and oxygen atoms in total. The van der Waals surface area contributed by atoms with Crippen LogP contribution in [0.1, 0.15) is 39.5 Å². The standard InChI is InChI=1S/C25H30F2N4O5/c1-25(2,34)15-30-10-9-21(29-30)28-24(33)20(12-16-6-3-4-11-35-16)31-14-17(13-22(31)32)36-23-18(26)7-5-8-19(23)27/h5,7-10,13,16,20,34H,3-4,6,11-12,14-15H2,1-2H3,(H,28,29,33)/t16-,20?/m0/s1. The number of hydrogen-bond acceptors (Lipinski definition) is 6. The molecule has 2 amide bonds. The van der Waals surface area contributed by atoms with Gasteiger partial charge in [-0.1, -0.05) is 6.07 Å². The Labute approximate surface area is 207 Å². The highest BCUT2D eigenvalue weighted by molar-refractivity contribution is 5.99. The molecule has 0 spiro atoms. The fraction of sp³-hybridized carbons (Fsp3) is 0.480. The summed E-state index contributed by atoms with van der Waals surface area (Å²) in [6, 6.07) is 3.99. The Hall–Kier alpha value is -3.31. The molecule has 2 aliphatic heterocycles. The molecule has 0 radical (unpaired) electrons. The molecule has 2 atom stereocenters. The summed E-state index contributed by atoms with van der Waals surface area (Å²) < 4.78 is 40.8. The number of amides is 2. The smallest absolute Gasteiger partial charge is 0.251 e. The van der Waals surface area contributed by atoms with Crippen molar-refractivity contribution in [1.82, 2.24) is 14.7 Å². The average Bonchev–Trinajstić information content (AvgIpc) is 3.39. The molecule has 1 aromatic carbocycles. The van der Waals surface area contributed by atoms with Crippen molar-refractivity contribution in [2.24, 2.45) is 0 Å². The first-order chi connectivity index (χ1) is 17.1. The molecule has 4 rings (SSSR count). The van der Waals surface area contributed by atoms with E-state index in [2.05, 4.69) is 10.4 Å². The molecular formula is C25H30F2N4O5. The number of ether oxygens (including phenoxy) is 2. The zero-order valence-electron chi connectivity index (χ0n) is 20.2. The summed E-state index contributed by atoms with van der Waals surface area (Å²) in [7, 11) is 0. The highest BCUT2D eigenvalue weighted by atomic mass is 19.1. The second-order valence-electron chi connectivity index (χ2n) is 9.67. The molecule has 1 fully saturated rings. The van der Waals surface area contributed by atoms with Gasteiger partial charge in [-0.15, -0.1) is 0 Å². The Bertz CT molecular complexity index is 1120. The molecule has 36 heavy (non-hydrogen) atoms. The largest absolute Gasteiger partial charge is 0.453 e. The highest BCUT2D eigenvalue weighted by Gasteiger charge is 2.37. The van der Waals surface area contributed by atoms with Crippen LogP contribution in [0, 0.1) is 11.6 Å². The molecule has 0 saturated carbocycles. The van der Waals surface area contributed by atoms with Crippen LogP contribution in [-0.4, -0.2) is 62.5 Å². The van der Waals surface area contributed by atoms with Crippen molar-refractivity contribution in [3.05, 3.63) is 53.9 Å². The van der Waals surface area contributed by atoms with Crippen LogP contribution in [0.25, 0.3) is 0 Å². The first kappa shape index (κ1) is 25.8. The molecule has 0 aliphatic carbocycles. The van der Waals surface area contributed by atoms with Gasteiger partial charge in [-0.3, -0.25) is 14.3 Å². The van der Waals surface area contributed by atoms with Crippen LogP contribution < -0.4 is 10.1 Å². The molecule has 1 aromatic heterocycles. The van der Waals surface area contributed by atoms with Crippen molar-refractivity contribution in [2.45, 2.75) is 63.8 Å². The number of benzene rings is 1. The van der Waals surface area contributed by atoms with Gasteiger partial charge in [0.2, 0.25) is 5.91 Å². The zero-order chi connectivity index (χ0) is 25.9. The topological polar surface area (TPSA) is 106 Å². The lowest BCUT2D eigenvalue weighted by Gasteiger charge is -2.31. The quantitative estimate of drug-likeness (QED) is 0.544. The van der Waals surface area contributed by atoms with Crippen molar-refractivity contribution in [2.75, 3.05) is 18.5 Å². The van der Waals surface area contributed by atoms with Crippen molar-refractivity contribution >= 4 is 17.6 Å². The molecule has 1 saturated heterocycles. The van der Waals surface area contributed by atoms with Crippen LogP contribution in [0.15, 0.2) is 42.3 Å². The van der Waals surface area contributed by atoms with Gasteiger partial charge in [0.15, 0.2) is 23.2 Å². The summed E-state index contributed by atoms with van der Waals surface area (Å²) in [5, 5.41) is 17.0. The van der Waals surface area contributed by atoms with Crippen molar-refractivity contribution in [3.8, 4) is 5.75 Å². The molecule has 194 valence electrons. The minimum Gasteiger partial charge on any atom is -0.453 e. The predicted octanol–water partition coefficient (Wildman–Crippen LogP) is 3.00. The van der Waals surface area contributed by atoms with Crippen LogP contribution >= 0.6 is 0 Å². The van der Waals surface area contributed by atoms with E-state index in [1.165, 1.54) is 15.6 Å². The molecule has 1 unspecified atom stereocenters. The van der Waals surface area contributed by atoms with Crippen LogP contribution in [-0.2, 0) is 20.9 Å². The van der Waals surface area contributed by atoms with E-state index in [4.69, 9.17) is 9.47 Å². The number of carbonyl (C=O) groups excluding carboxylic acids is 2. The lowest BCUT2D eigenvalue weighted by atomic mass is 10.00. The Morgan fingerprint density at radius 2 is 2.06 bits per heavy atom. The second kappa shape index (κ2) is 10.8. The number of aliphatic hydroxyl groups is 1. The van der Waals surface area contributed by atoms with Gasteiger partial charge >= 0.3 is 0 Å². The van der Waals surface area contributed by atoms with Gasteiger partial charge in [0.05, 0.1) is 24.8 Å². The van der Waals surface area contributed by atoms with E-state index in [-0.39, 0.29) is 37.2 Å². The highest BCUT2D eigenvalue weighted by Crippen LogP contribution is 2.28. The van der Waals surface area contributed by atoms with E-state index < -0.39 is 40.8 Å². The average molecular weight is 505 g/mol. The number of rotatable bonds is 9. The summed E-state index contributed by atoms with van der Waals surface area (Å²) in [6.45, 7) is 3.96. The number of carbonyl (C=O) groups is 2. The Kier molecular flexibility index (Phi) is 7.70. The third kappa shape index (κ3) is 6.46. The predicted molar refractivity (Wildman–Crippen MR) is 126 cm³/mol. The van der Waals surface area contributed by atoms with Gasteiger partial charge < -0.3 is 24.8 Å². The molecule has 2 aromatic rings. The molecule has 11 heteroatoms. The number of para-hydroxylation sites is 1. The zero-order valence-corrected chi connectivity index (χ0v) is 20.2. The first-order valence-electron chi connectivity index (χ1n) is 11.9. The molecule has 0 bridgehead atoms. The van der Waals surface area contributed by atoms with Crippen molar-refractivity contribution in [3.63, 3.8) is 0 Å². The maximum Gasteiger partial charge on any atom is 0.251 e. The van der Waals surface area contributed by atoms with Crippen molar-refractivity contribution in [1.29, 1.82) is 0 Å². The maximum atomic E-state index is 14.0. The van der Waals surface area contributed by atoms with Crippen LogP contribution in [0.5, 0.6) is 5.75 Å². The summed E-state index contributed by atoms with van der Waals surface area (Å²) >= 11 is 0. The number of nitrogens with zero attached hydrogens (tertiary/aromatic N) is 3. The third-order valence-electron chi connectivity index (χ3n) is 5.93. The molecule has 2 aliphatic rings. The molecule has 2 N–H and O–H groups in total. The summed E-state index contributed by atoms with van der Waals surface area (Å²) in [6.07, 6.45) is 5.43. The van der Waals surface area contributed by atoms with E-state index in [1.807, 2.05) is 0 Å².